The molecule has 0 N–H and O–H groups in total. The average molecular weight is 357 g/mol. The second-order valence-corrected chi connectivity index (χ2v) is 9.47. The quantitative estimate of drug-likeness (QED) is 0.674. The lowest BCUT2D eigenvalue weighted by molar-refractivity contribution is 0.260. The van der Waals surface area contributed by atoms with E-state index in [2.05, 4.69) is 82.8 Å². The smallest absolute Gasteiger partial charge is 0.192 e. The van der Waals surface area contributed by atoms with Gasteiger partial charge in [-0.3, -0.25) is 0 Å². The molecule has 2 aromatic carbocycles. The van der Waals surface area contributed by atoms with Gasteiger partial charge in [0.05, 0.1) is 0 Å². The van der Waals surface area contributed by atoms with Crippen molar-refractivity contribution in [2.75, 3.05) is 0 Å². The van der Waals surface area contributed by atoms with Crippen LogP contribution in [0.4, 0.5) is 0 Å². The summed E-state index contributed by atoms with van der Waals surface area (Å²) in [5.41, 5.74) is 3.40. The molecule has 0 heterocycles. The van der Waals surface area contributed by atoms with Gasteiger partial charge in [0.1, 0.15) is 0 Å². The first-order valence-electron chi connectivity index (χ1n) is 8.56. The molecule has 24 heavy (non-hydrogen) atoms. The van der Waals surface area contributed by atoms with E-state index in [1.54, 1.807) is 0 Å². The molecular formula is C20H28O2Si2. The molecule has 0 saturated heterocycles. The number of hydrogen-bond acceptors (Lipinski definition) is 2. The van der Waals surface area contributed by atoms with Crippen molar-refractivity contribution in [1.82, 2.24) is 0 Å². The van der Waals surface area contributed by atoms with Gasteiger partial charge in [0, 0.05) is 12.2 Å². The minimum absolute atomic E-state index is 0.313. The summed E-state index contributed by atoms with van der Waals surface area (Å²) in [4.78, 5) is 0. The summed E-state index contributed by atoms with van der Waals surface area (Å²) in [7, 11) is -1.24. The lowest BCUT2D eigenvalue weighted by Gasteiger charge is -2.11. The molecule has 0 fully saturated rings. The third kappa shape index (κ3) is 5.87. The van der Waals surface area contributed by atoms with Crippen molar-refractivity contribution >= 4 is 35.5 Å². The fraction of sp³-hybridized carbons (Fsp3) is 0.300. The molecule has 0 saturated carbocycles. The average Bonchev–Trinajstić information content (AvgIpc) is 2.58. The Balaban J connectivity index is 2.00. The van der Waals surface area contributed by atoms with Crippen LogP contribution in [0.1, 0.15) is 38.8 Å². The van der Waals surface area contributed by atoms with Crippen LogP contribution in [0, 0.1) is 0 Å². The fourth-order valence-electron chi connectivity index (χ4n) is 2.30. The molecule has 0 aliphatic rings. The Kier molecular flexibility index (Phi) is 7.18. The molecule has 2 nitrogen and oxygen atoms in total. The van der Waals surface area contributed by atoms with Gasteiger partial charge in [-0.15, -0.1) is 0 Å². The predicted octanol–water partition coefficient (Wildman–Crippen LogP) is 2.02. The highest BCUT2D eigenvalue weighted by atomic mass is 28.2. The van der Waals surface area contributed by atoms with Gasteiger partial charge in [-0.05, 0) is 54.8 Å². The molecule has 0 amide bonds. The van der Waals surface area contributed by atoms with Crippen molar-refractivity contribution in [3.8, 4) is 0 Å². The highest BCUT2D eigenvalue weighted by Crippen LogP contribution is 2.19. The van der Waals surface area contributed by atoms with E-state index in [1.165, 1.54) is 21.5 Å². The minimum atomic E-state index is -0.619. The van der Waals surface area contributed by atoms with Crippen LogP contribution in [0.2, 0.25) is 0 Å². The predicted molar refractivity (Wildman–Crippen MR) is 110 cm³/mol. The van der Waals surface area contributed by atoms with Crippen LogP contribution < -0.4 is 10.4 Å². The van der Waals surface area contributed by atoms with Crippen molar-refractivity contribution in [2.24, 2.45) is 0 Å². The van der Waals surface area contributed by atoms with E-state index in [9.17, 15) is 0 Å². The standard InChI is InChI=1S/C20H28O2Si2/c1-14(2)21-23-19-10-6-17(7-11-19)16(5)18-8-12-20(13-9-18)24-22-15(3)4/h6-15H,5,23-24H2,1-4H3. The van der Waals surface area contributed by atoms with E-state index in [0.717, 1.165) is 5.57 Å². The third-order valence-corrected chi connectivity index (χ3v) is 7.05. The van der Waals surface area contributed by atoms with Gasteiger partial charge in [-0.2, -0.15) is 0 Å². The number of benzene rings is 2. The van der Waals surface area contributed by atoms with Gasteiger partial charge < -0.3 is 8.85 Å². The third-order valence-electron chi connectivity index (χ3n) is 3.77. The van der Waals surface area contributed by atoms with Gasteiger partial charge in [0.2, 0.25) is 0 Å². The van der Waals surface area contributed by atoms with Gasteiger partial charge in [0.25, 0.3) is 0 Å². The van der Waals surface area contributed by atoms with Crippen molar-refractivity contribution in [3.05, 3.63) is 66.2 Å². The van der Waals surface area contributed by atoms with Crippen molar-refractivity contribution in [2.45, 2.75) is 39.9 Å². The summed E-state index contributed by atoms with van der Waals surface area (Å²) in [6, 6.07) is 17.3. The Morgan fingerprint density at radius 3 is 1.33 bits per heavy atom. The Morgan fingerprint density at radius 1 is 0.708 bits per heavy atom. The second-order valence-electron chi connectivity index (χ2n) is 6.59. The van der Waals surface area contributed by atoms with Crippen molar-refractivity contribution in [1.29, 1.82) is 0 Å². The lowest BCUT2D eigenvalue weighted by atomic mass is 10.00. The van der Waals surface area contributed by atoms with E-state index in [-0.39, 0.29) is 0 Å². The SMILES string of the molecule is C=C(c1ccc([SiH2]OC(C)C)cc1)c1ccc([SiH2]OC(C)C)cc1. The zero-order chi connectivity index (χ0) is 17.5. The molecule has 0 atom stereocenters. The normalized spacial score (nSPS) is 12.2. The summed E-state index contributed by atoms with van der Waals surface area (Å²) in [6.07, 6.45) is 0.626. The molecule has 4 heteroatoms. The zero-order valence-corrected chi connectivity index (χ0v) is 18.0. The Labute approximate surface area is 150 Å². The first-order chi connectivity index (χ1) is 11.5. The zero-order valence-electron chi connectivity index (χ0n) is 15.2. The van der Waals surface area contributed by atoms with E-state index in [1.807, 2.05) is 0 Å². The summed E-state index contributed by atoms with van der Waals surface area (Å²) in [5.74, 6) is 0. The molecule has 2 rings (SSSR count). The molecule has 2 aromatic rings. The van der Waals surface area contributed by atoms with Crippen molar-refractivity contribution in [3.63, 3.8) is 0 Å². The largest absolute Gasteiger partial charge is 0.416 e. The van der Waals surface area contributed by atoms with Gasteiger partial charge >= 0.3 is 0 Å². The molecular weight excluding hydrogens is 328 g/mol. The Morgan fingerprint density at radius 2 is 1.04 bits per heavy atom. The molecule has 0 spiro atoms. The van der Waals surface area contributed by atoms with E-state index < -0.39 is 19.5 Å². The van der Waals surface area contributed by atoms with Crippen molar-refractivity contribution < 1.29 is 8.85 Å². The highest BCUT2D eigenvalue weighted by molar-refractivity contribution is 6.47. The molecule has 0 aromatic heterocycles. The first-order valence-corrected chi connectivity index (χ1v) is 11.1. The minimum Gasteiger partial charge on any atom is -0.416 e. The molecule has 128 valence electrons. The topological polar surface area (TPSA) is 18.5 Å². The summed E-state index contributed by atoms with van der Waals surface area (Å²) >= 11 is 0. The number of rotatable bonds is 8. The van der Waals surface area contributed by atoms with Gasteiger partial charge in [-0.25, -0.2) is 0 Å². The van der Waals surface area contributed by atoms with Crippen LogP contribution in [-0.2, 0) is 8.85 Å². The van der Waals surface area contributed by atoms with Crippen LogP contribution in [0.3, 0.4) is 0 Å². The van der Waals surface area contributed by atoms with Crippen LogP contribution in [-0.4, -0.2) is 31.7 Å². The van der Waals surface area contributed by atoms with Gasteiger partial charge in [-0.1, -0.05) is 55.1 Å². The first kappa shape index (κ1) is 18.9. The van der Waals surface area contributed by atoms with Crippen LogP contribution in [0.25, 0.3) is 5.57 Å². The van der Waals surface area contributed by atoms with Gasteiger partial charge in [0.15, 0.2) is 19.5 Å². The molecule has 0 radical (unpaired) electrons. The Hall–Kier alpha value is -1.47. The Bertz CT molecular complexity index is 589. The fourth-order valence-corrected chi connectivity index (χ4v) is 4.20. The second kappa shape index (κ2) is 9.13. The van der Waals surface area contributed by atoms with Crippen LogP contribution in [0.15, 0.2) is 55.1 Å². The summed E-state index contributed by atoms with van der Waals surface area (Å²) in [5, 5.41) is 2.65. The highest BCUT2D eigenvalue weighted by Gasteiger charge is 2.05. The molecule has 0 aliphatic carbocycles. The maximum atomic E-state index is 5.77. The maximum Gasteiger partial charge on any atom is 0.192 e. The van der Waals surface area contributed by atoms with E-state index in [0.29, 0.717) is 12.2 Å². The maximum absolute atomic E-state index is 5.77. The van der Waals surface area contributed by atoms with E-state index in [4.69, 9.17) is 8.85 Å². The van der Waals surface area contributed by atoms with Crippen LogP contribution in [0.5, 0.6) is 0 Å². The van der Waals surface area contributed by atoms with Crippen LogP contribution >= 0.6 is 0 Å². The lowest BCUT2D eigenvalue weighted by Crippen LogP contribution is -2.21. The number of hydrogen-bond donors (Lipinski definition) is 0. The molecule has 0 aliphatic heterocycles. The van der Waals surface area contributed by atoms with E-state index >= 15 is 0 Å². The molecule has 0 unspecified atom stereocenters. The summed E-state index contributed by atoms with van der Waals surface area (Å²) in [6.45, 7) is 12.6. The molecule has 0 bridgehead atoms. The monoisotopic (exact) mass is 356 g/mol. The summed E-state index contributed by atoms with van der Waals surface area (Å²) < 4.78 is 11.5.